The van der Waals surface area contributed by atoms with E-state index in [1.807, 2.05) is 35.7 Å². The number of aromatic amines is 1. The van der Waals surface area contributed by atoms with Crippen molar-refractivity contribution in [1.29, 1.82) is 5.26 Å². The van der Waals surface area contributed by atoms with E-state index in [1.165, 1.54) is 0 Å². The fourth-order valence-corrected chi connectivity index (χ4v) is 3.77. The number of fused-ring (bicyclic) bond motifs is 2. The zero-order valence-corrected chi connectivity index (χ0v) is 14.8. The standard InChI is InChI=1S/C20H17N7/c1-13-4-2-6-15-10-17(25-27(13)15)20-19-16(22-12-23-19)8-9-26(20)18-7-3-5-14(11-21)24-18/h2-7,10,12,20H,8-9H2,1H3,(H,22,23)/t20-/m1/s1. The second-order valence-corrected chi connectivity index (χ2v) is 6.68. The number of nitrogens with zero attached hydrogens (tertiary/aromatic N) is 6. The molecule has 0 radical (unpaired) electrons. The van der Waals surface area contributed by atoms with Gasteiger partial charge in [-0.25, -0.2) is 14.5 Å². The van der Waals surface area contributed by atoms with Crippen molar-refractivity contribution in [3.63, 3.8) is 0 Å². The van der Waals surface area contributed by atoms with Crippen LogP contribution in [0.15, 0.2) is 48.8 Å². The molecular weight excluding hydrogens is 338 g/mol. The Balaban J connectivity index is 1.69. The topological polar surface area (TPSA) is 85.9 Å². The first kappa shape index (κ1) is 15.6. The van der Waals surface area contributed by atoms with E-state index in [4.69, 9.17) is 5.10 Å². The minimum Gasteiger partial charge on any atom is -0.348 e. The van der Waals surface area contributed by atoms with Gasteiger partial charge in [0.15, 0.2) is 0 Å². The molecule has 1 N–H and O–H groups in total. The summed E-state index contributed by atoms with van der Waals surface area (Å²) < 4.78 is 1.95. The van der Waals surface area contributed by atoms with Gasteiger partial charge >= 0.3 is 0 Å². The van der Waals surface area contributed by atoms with Crippen molar-refractivity contribution in [3.05, 3.63) is 77.3 Å². The maximum Gasteiger partial charge on any atom is 0.142 e. The fraction of sp³-hybridized carbons (Fsp3) is 0.200. The van der Waals surface area contributed by atoms with Gasteiger partial charge in [0.1, 0.15) is 23.6 Å². The van der Waals surface area contributed by atoms with Crippen molar-refractivity contribution in [1.82, 2.24) is 24.6 Å². The Labute approximate surface area is 155 Å². The molecule has 0 fully saturated rings. The first-order valence-corrected chi connectivity index (χ1v) is 8.86. The number of aromatic nitrogens is 5. The first-order valence-electron chi connectivity index (χ1n) is 8.86. The number of anilines is 1. The Hall–Kier alpha value is -3.66. The average Bonchev–Trinajstić information content (AvgIpc) is 3.34. The third-order valence-corrected chi connectivity index (χ3v) is 5.04. The van der Waals surface area contributed by atoms with E-state index in [-0.39, 0.29) is 6.04 Å². The van der Waals surface area contributed by atoms with Crippen LogP contribution < -0.4 is 4.90 Å². The van der Waals surface area contributed by atoms with E-state index in [1.54, 1.807) is 12.4 Å². The lowest BCUT2D eigenvalue weighted by atomic mass is 9.99. The van der Waals surface area contributed by atoms with Gasteiger partial charge in [0.25, 0.3) is 0 Å². The lowest BCUT2D eigenvalue weighted by Crippen LogP contribution is -2.37. The van der Waals surface area contributed by atoms with Gasteiger partial charge in [0.05, 0.1) is 23.2 Å². The van der Waals surface area contributed by atoms with E-state index in [9.17, 15) is 5.26 Å². The lowest BCUT2D eigenvalue weighted by molar-refractivity contribution is 0.609. The molecule has 4 aromatic rings. The summed E-state index contributed by atoms with van der Waals surface area (Å²) in [6.07, 6.45) is 2.58. The summed E-state index contributed by atoms with van der Waals surface area (Å²) in [5.41, 5.74) is 5.54. The highest BCUT2D eigenvalue weighted by Crippen LogP contribution is 2.36. The number of H-pyrrole nitrogens is 1. The van der Waals surface area contributed by atoms with Gasteiger partial charge in [-0.2, -0.15) is 10.4 Å². The van der Waals surface area contributed by atoms with Gasteiger partial charge in [0.2, 0.25) is 0 Å². The SMILES string of the molecule is Cc1cccc2cc([C@@H]3c4nc[nH]c4CCN3c3cccc(C#N)n3)nn12. The van der Waals surface area contributed by atoms with Crippen molar-refractivity contribution in [3.8, 4) is 6.07 Å². The summed E-state index contributed by atoms with van der Waals surface area (Å²) in [5.74, 6) is 0.765. The predicted octanol–water partition coefficient (Wildman–Crippen LogP) is 2.78. The molecule has 1 atom stereocenters. The van der Waals surface area contributed by atoms with Crippen LogP contribution in [0.5, 0.6) is 0 Å². The monoisotopic (exact) mass is 355 g/mol. The number of pyridine rings is 2. The van der Waals surface area contributed by atoms with Crippen LogP contribution in [-0.4, -0.2) is 31.1 Å². The second kappa shape index (κ2) is 5.95. The van der Waals surface area contributed by atoms with Gasteiger partial charge in [0, 0.05) is 24.4 Å². The van der Waals surface area contributed by atoms with Crippen LogP contribution in [0.2, 0.25) is 0 Å². The Morgan fingerprint density at radius 1 is 1.22 bits per heavy atom. The summed E-state index contributed by atoms with van der Waals surface area (Å²) >= 11 is 0. The normalized spacial score (nSPS) is 16.3. The minimum atomic E-state index is -0.152. The quantitative estimate of drug-likeness (QED) is 0.597. The molecule has 0 saturated heterocycles. The Morgan fingerprint density at radius 3 is 2.96 bits per heavy atom. The van der Waals surface area contributed by atoms with Crippen molar-refractivity contribution >= 4 is 11.3 Å². The number of hydrogen-bond donors (Lipinski definition) is 1. The smallest absolute Gasteiger partial charge is 0.142 e. The summed E-state index contributed by atoms with van der Waals surface area (Å²) in [4.78, 5) is 14.5. The van der Waals surface area contributed by atoms with Crippen LogP contribution in [0.3, 0.4) is 0 Å². The van der Waals surface area contributed by atoms with Gasteiger partial charge in [-0.3, -0.25) is 0 Å². The van der Waals surface area contributed by atoms with Crippen LogP contribution in [0.25, 0.3) is 5.52 Å². The summed E-state index contributed by atoms with van der Waals surface area (Å²) in [6, 6.07) is 15.7. The molecule has 1 aliphatic heterocycles. The largest absolute Gasteiger partial charge is 0.348 e. The predicted molar refractivity (Wildman–Crippen MR) is 100 cm³/mol. The lowest BCUT2D eigenvalue weighted by Gasteiger charge is -2.34. The maximum atomic E-state index is 9.23. The number of rotatable bonds is 2. The number of imidazole rings is 1. The third-order valence-electron chi connectivity index (χ3n) is 5.04. The average molecular weight is 355 g/mol. The molecule has 1 aliphatic rings. The highest BCUT2D eigenvalue weighted by molar-refractivity contribution is 5.54. The molecule has 4 aromatic heterocycles. The van der Waals surface area contributed by atoms with Gasteiger partial charge < -0.3 is 9.88 Å². The zero-order valence-electron chi connectivity index (χ0n) is 14.8. The van der Waals surface area contributed by atoms with E-state index < -0.39 is 0 Å². The van der Waals surface area contributed by atoms with E-state index in [0.717, 1.165) is 47.1 Å². The first-order chi connectivity index (χ1) is 13.2. The van der Waals surface area contributed by atoms with Crippen LogP contribution in [0, 0.1) is 18.3 Å². The van der Waals surface area contributed by atoms with Gasteiger partial charge in [-0.1, -0.05) is 12.1 Å². The molecule has 0 amide bonds. The molecule has 0 spiro atoms. The van der Waals surface area contributed by atoms with Crippen molar-refractivity contribution < 1.29 is 0 Å². The molecule has 7 heteroatoms. The Kier molecular flexibility index (Phi) is 3.44. The van der Waals surface area contributed by atoms with Crippen molar-refractivity contribution in [2.45, 2.75) is 19.4 Å². The molecule has 7 nitrogen and oxygen atoms in total. The highest BCUT2D eigenvalue weighted by Gasteiger charge is 2.34. The van der Waals surface area contributed by atoms with Crippen molar-refractivity contribution in [2.24, 2.45) is 0 Å². The second-order valence-electron chi connectivity index (χ2n) is 6.68. The van der Waals surface area contributed by atoms with E-state index >= 15 is 0 Å². The molecule has 0 aromatic carbocycles. The Bertz CT molecular complexity index is 1180. The number of nitrogens with one attached hydrogen (secondary N) is 1. The third kappa shape index (κ3) is 2.46. The van der Waals surface area contributed by atoms with Crippen LogP contribution in [0.4, 0.5) is 5.82 Å². The molecule has 0 saturated carbocycles. The number of nitriles is 1. The molecule has 0 aliphatic carbocycles. The summed E-state index contributed by atoms with van der Waals surface area (Å²) in [7, 11) is 0. The summed E-state index contributed by atoms with van der Waals surface area (Å²) in [5, 5.41) is 14.1. The van der Waals surface area contributed by atoms with Gasteiger partial charge in [-0.15, -0.1) is 0 Å². The van der Waals surface area contributed by atoms with Crippen LogP contribution in [-0.2, 0) is 6.42 Å². The number of aryl methyl sites for hydroxylation is 1. The summed E-state index contributed by atoms with van der Waals surface area (Å²) in [6.45, 7) is 2.81. The molecule has 5 rings (SSSR count). The molecule has 5 heterocycles. The number of hydrogen-bond acceptors (Lipinski definition) is 5. The van der Waals surface area contributed by atoms with Crippen LogP contribution in [0.1, 0.15) is 34.5 Å². The van der Waals surface area contributed by atoms with Crippen LogP contribution >= 0.6 is 0 Å². The molecule has 0 unspecified atom stereocenters. The van der Waals surface area contributed by atoms with E-state index in [0.29, 0.717) is 5.69 Å². The maximum absolute atomic E-state index is 9.23. The van der Waals surface area contributed by atoms with Crippen molar-refractivity contribution in [2.75, 3.05) is 11.4 Å². The molecule has 132 valence electrons. The molecular formula is C20H17N7. The Morgan fingerprint density at radius 2 is 2.11 bits per heavy atom. The molecule has 0 bridgehead atoms. The minimum absolute atomic E-state index is 0.152. The van der Waals surface area contributed by atoms with Gasteiger partial charge in [-0.05, 0) is 37.3 Å². The fourth-order valence-electron chi connectivity index (χ4n) is 3.77. The molecule has 27 heavy (non-hydrogen) atoms. The highest BCUT2D eigenvalue weighted by atomic mass is 15.3. The zero-order chi connectivity index (χ0) is 18.4. The van der Waals surface area contributed by atoms with E-state index in [2.05, 4.69) is 38.1 Å².